The molecule has 0 bridgehead atoms. The first-order chi connectivity index (χ1) is 10.6. The number of hydrogen-bond donors (Lipinski definition) is 0. The summed E-state index contributed by atoms with van der Waals surface area (Å²) in [7, 11) is 3.93. The summed E-state index contributed by atoms with van der Waals surface area (Å²) in [5.74, 6) is 0. The molecule has 0 amide bonds. The Bertz CT molecular complexity index is 837. The van der Waals surface area contributed by atoms with Gasteiger partial charge in [0.2, 0.25) is 5.69 Å². The molecule has 0 radical (unpaired) electrons. The van der Waals surface area contributed by atoms with Gasteiger partial charge in [-0.3, -0.25) is 0 Å². The van der Waals surface area contributed by atoms with E-state index in [2.05, 4.69) is 8.75 Å². The monoisotopic (exact) mass is 312 g/mol. The van der Waals surface area contributed by atoms with Crippen LogP contribution in [0.25, 0.3) is 11.0 Å². The van der Waals surface area contributed by atoms with E-state index in [0.29, 0.717) is 5.69 Å². The Morgan fingerprint density at radius 2 is 1.73 bits per heavy atom. The maximum Gasteiger partial charge on any atom is 0.216 e. The first-order valence-electron chi connectivity index (χ1n) is 6.87. The van der Waals surface area contributed by atoms with Crippen LogP contribution in [0.2, 0.25) is 0 Å². The zero-order valence-corrected chi connectivity index (χ0v) is 13.5. The van der Waals surface area contributed by atoms with Gasteiger partial charge in [-0.2, -0.15) is 13.5 Å². The number of anilines is 1. The van der Waals surface area contributed by atoms with Crippen molar-refractivity contribution in [2.75, 3.05) is 19.0 Å². The fourth-order valence-electron chi connectivity index (χ4n) is 2.21. The lowest BCUT2D eigenvalue weighted by atomic mass is 10.1. The fraction of sp³-hybridized carbons (Fsp3) is 0.188. The van der Waals surface area contributed by atoms with Gasteiger partial charge in [-0.1, -0.05) is 6.07 Å². The summed E-state index contributed by atoms with van der Waals surface area (Å²) < 4.78 is 9.43. The first-order valence-corrected chi connectivity index (χ1v) is 7.60. The van der Waals surface area contributed by atoms with Gasteiger partial charge in [0.1, 0.15) is 11.0 Å². The van der Waals surface area contributed by atoms with E-state index in [1.165, 1.54) is 0 Å². The molecular formula is C16H16N4OS. The third-order valence-electron chi connectivity index (χ3n) is 3.53. The smallest absolute Gasteiger partial charge is 0.216 e. The Morgan fingerprint density at radius 3 is 2.41 bits per heavy atom. The first kappa shape index (κ1) is 14.5. The molecule has 3 rings (SSSR count). The minimum Gasteiger partial charge on any atom is -0.618 e. The molecule has 5 nitrogen and oxygen atoms in total. The van der Waals surface area contributed by atoms with Crippen molar-refractivity contribution < 1.29 is 4.74 Å². The summed E-state index contributed by atoms with van der Waals surface area (Å²) in [6.45, 7) is 1.99. The van der Waals surface area contributed by atoms with Gasteiger partial charge in [0.25, 0.3) is 0 Å². The minimum absolute atomic E-state index is 0.586. The van der Waals surface area contributed by atoms with Crippen LogP contribution in [0.3, 0.4) is 0 Å². The quantitative estimate of drug-likeness (QED) is 0.322. The lowest BCUT2D eigenvalue weighted by Gasteiger charge is -2.12. The normalized spacial score (nSPS) is 11.9. The average molecular weight is 312 g/mol. The summed E-state index contributed by atoms with van der Waals surface area (Å²) >= 11 is 1.16. The van der Waals surface area contributed by atoms with Crippen LogP contribution in [0.5, 0.6) is 0 Å². The van der Waals surface area contributed by atoms with Crippen LogP contribution in [0.1, 0.15) is 11.1 Å². The Balaban J connectivity index is 1.99. The summed E-state index contributed by atoms with van der Waals surface area (Å²) in [6, 6.07) is 11.3. The second-order valence-electron chi connectivity index (χ2n) is 5.30. The van der Waals surface area contributed by atoms with Gasteiger partial charge in [0, 0.05) is 31.9 Å². The number of aryl methyl sites for hydroxylation is 1. The van der Waals surface area contributed by atoms with Crippen molar-refractivity contribution in [1.82, 2.24) is 8.75 Å². The lowest BCUT2D eigenvalue weighted by Crippen LogP contribution is -2.08. The molecule has 0 spiro atoms. The van der Waals surface area contributed by atoms with E-state index < -0.39 is 0 Å². The highest BCUT2D eigenvalue weighted by atomic mass is 32.1. The van der Waals surface area contributed by atoms with Gasteiger partial charge in [0.15, 0.2) is 6.21 Å². The van der Waals surface area contributed by atoms with Crippen molar-refractivity contribution >= 4 is 40.4 Å². The summed E-state index contributed by atoms with van der Waals surface area (Å²) in [4.78, 5) is 1.99. The van der Waals surface area contributed by atoms with Crippen LogP contribution in [0.15, 0.2) is 36.4 Å². The number of fused-ring (bicyclic) bond motifs is 1. The predicted molar refractivity (Wildman–Crippen MR) is 91.4 cm³/mol. The molecule has 0 fully saturated rings. The van der Waals surface area contributed by atoms with Crippen LogP contribution in [0, 0.1) is 12.1 Å². The van der Waals surface area contributed by atoms with Crippen molar-refractivity contribution in [1.29, 1.82) is 0 Å². The van der Waals surface area contributed by atoms with Crippen LogP contribution in [-0.4, -0.2) is 33.8 Å². The van der Waals surface area contributed by atoms with Gasteiger partial charge in [-0.15, -0.1) is 0 Å². The highest BCUT2D eigenvalue weighted by Crippen LogP contribution is 2.21. The van der Waals surface area contributed by atoms with Crippen LogP contribution in [0.4, 0.5) is 11.4 Å². The largest absolute Gasteiger partial charge is 0.618 e. The molecule has 1 heterocycles. The number of rotatable bonds is 3. The molecule has 0 N–H and O–H groups in total. The third-order valence-corrected chi connectivity index (χ3v) is 4.05. The molecule has 0 aliphatic carbocycles. The van der Waals surface area contributed by atoms with Crippen LogP contribution < -0.4 is 4.90 Å². The SMILES string of the molecule is Cc1ccc(C=[N+]([O-])c2ccc(N(C)C)cc2)c2nsnc12. The predicted octanol–water partition coefficient (Wildman–Crippen LogP) is 3.33. The molecule has 2 aromatic carbocycles. The Morgan fingerprint density at radius 1 is 1.05 bits per heavy atom. The number of hydrogen-bond acceptors (Lipinski definition) is 5. The Kier molecular flexibility index (Phi) is 3.77. The van der Waals surface area contributed by atoms with Crippen LogP contribution in [-0.2, 0) is 0 Å². The molecule has 0 atom stereocenters. The molecule has 0 aliphatic heterocycles. The zero-order valence-electron chi connectivity index (χ0n) is 12.6. The molecule has 0 aliphatic rings. The van der Waals surface area contributed by atoms with Crippen molar-refractivity contribution in [2.45, 2.75) is 6.92 Å². The van der Waals surface area contributed by atoms with E-state index in [1.54, 1.807) is 6.21 Å². The molecular weight excluding hydrogens is 296 g/mol. The highest BCUT2D eigenvalue weighted by molar-refractivity contribution is 7.00. The van der Waals surface area contributed by atoms with E-state index in [4.69, 9.17) is 0 Å². The second kappa shape index (κ2) is 5.73. The number of benzene rings is 2. The topological polar surface area (TPSA) is 55.1 Å². The minimum atomic E-state index is 0.586. The Hall–Kier alpha value is -2.47. The van der Waals surface area contributed by atoms with Crippen molar-refractivity contribution in [3.63, 3.8) is 0 Å². The maximum absolute atomic E-state index is 12.3. The molecule has 6 heteroatoms. The number of aromatic nitrogens is 2. The van der Waals surface area contributed by atoms with E-state index >= 15 is 0 Å². The lowest BCUT2D eigenvalue weighted by molar-refractivity contribution is -0.354. The molecule has 0 saturated carbocycles. The van der Waals surface area contributed by atoms with Gasteiger partial charge in [-0.25, -0.2) is 0 Å². The summed E-state index contributed by atoms with van der Waals surface area (Å²) in [6.07, 6.45) is 1.55. The molecule has 1 aromatic heterocycles. The standard InChI is InChI=1S/C16H16N4OS/c1-11-4-5-12(16-15(11)17-22-18-16)10-20(21)14-8-6-13(7-9-14)19(2)3/h4-10H,1-3H3. The van der Waals surface area contributed by atoms with Gasteiger partial charge >= 0.3 is 0 Å². The molecule has 3 aromatic rings. The maximum atomic E-state index is 12.3. The summed E-state index contributed by atoms with van der Waals surface area (Å²) in [5, 5.41) is 12.3. The van der Waals surface area contributed by atoms with E-state index in [1.807, 2.05) is 62.3 Å². The van der Waals surface area contributed by atoms with E-state index in [0.717, 1.165) is 44.3 Å². The molecule has 0 saturated heterocycles. The average Bonchev–Trinajstić information content (AvgIpc) is 3.01. The van der Waals surface area contributed by atoms with Crippen molar-refractivity contribution in [3.05, 3.63) is 52.7 Å². The molecule has 22 heavy (non-hydrogen) atoms. The van der Waals surface area contributed by atoms with E-state index in [-0.39, 0.29) is 0 Å². The van der Waals surface area contributed by atoms with Crippen LogP contribution >= 0.6 is 11.7 Å². The highest BCUT2D eigenvalue weighted by Gasteiger charge is 2.10. The molecule has 112 valence electrons. The summed E-state index contributed by atoms with van der Waals surface area (Å²) in [5.41, 5.74) is 5.11. The third kappa shape index (κ3) is 2.65. The number of nitrogens with zero attached hydrogens (tertiary/aromatic N) is 4. The fourth-order valence-corrected chi connectivity index (χ4v) is 2.84. The molecule has 0 unspecified atom stereocenters. The second-order valence-corrected chi connectivity index (χ2v) is 5.83. The van der Waals surface area contributed by atoms with Gasteiger partial charge in [-0.05, 0) is 30.7 Å². The van der Waals surface area contributed by atoms with E-state index in [9.17, 15) is 5.21 Å². The Labute approximate surface area is 133 Å². The van der Waals surface area contributed by atoms with Gasteiger partial charge < -0.3 is 10.1 Å². The zero-order chi connectivity index (χ0) is 15.7. The van der Waals surface area contributed by atoms with Crippen molar-refractivity contribution in [2.24, 2.45) is 0 Å². The van der Waals surface area contributed by atoms with Crippen molar-refractivity contribution in [3.8, 4) is 0 Å². The van der Waals surface area contributed by atoms with Gasteiger partial charge in [0.05, 0.1) is 17.3 Å².